The number of rotatable bonds is 4. The largest absolute Gasteiger partial charge is 0.0984 e. The van der Waals surface area contributed by atoms with E-state index in [9.17, 15) is 0 Å². The van der Waals surface area contributed by atoms with Crippen LogP contribution in [0.2, 0.25) is 0 Å². The van der Waals surface area contributed by atoms with E-state index in [1.54, 1.807) is 0 Å². The van der Waals surface area contributed by atoms with E-state index in [0.29, 0.717) is 0 Å². The number of fused-ring (bicyclic) bond motifs is 4. The number of hydrogen-bond donors (Lipinski definition) is 0. The summed E-state index contributed by atoms with van der Waals surface area (Å²) in [5, 5.41) is 9.96. The molecule has 0 aliphatic heterocycles. The lowest BCUT2D eigenvalue weighted by molar-refractivity contribution is 1.65. The van der Waals surface area contributed by atoms with Crippen LogP contribution in [0.15, 0.2) is 134 Å². The summed E-state index contributed by atoms with van der Waals surface area (Å²) in [6.45, 7) is 8.13. The van der Waals surface area contributed by atoms with Gasteiger partial charge in [-0.15, -0.1) is 0 Å². The van der Waals surface area contributed by atoms with Gasteiger partial charge in [-0.25, -0.2) is 0 Å². The molecule has 7 aromatic rings. The van der Waals surface area contributed by atoms with Crippen LogP contribution < -0.4 is 0 Å². The summed E-state index contributed by atoms with van der Waals surface area (Å²) in [4.78, 5) is 0. The van der Waals surface area contributed by atoms with Crippen molar-refractivity contribution in [3.05, 3.63) is 146 Å². The summed E-state index contributed by atoms with van der Waals surface area (Å²) in [5.74, 6) is 0. The van der Waals surface area contributed by atoms with Crippen LogP contribution in [0.3, 0.4) is 0 Å². The van der Waals surface area contributed by atoms with E-state index in [1.165, 1.54) is 65.3 Å². The zero-order chi connectivity index (χ0) is 25.6. The molecule has 0 nitrogen and oxygen atoms in total. The minimum atomic E-state index is 1.10. The zero-order valence-electron chi connectivity index (χ0n) is 21.1. The van der Waals surface area contributed by atoms with E-state index < -0.39 is 0 Å². The zero-order valence-corrected chi connectivity index (χ0v) is 21.1. The molecule has 0 heteroatoms. The van der Waals surface area contributed by atoms with E-state index in [4.69, 9.17) is 0 Å². The molecular weight excluding hydrogens is 456 g/mol. The third kappa shape index (κ3) is 3.38. The van der Waals surface area contributed by atoms with Gasteiger partial charge in [-0.1, -0.05) is 135 Å². The van der Waals surface area contributed by atoms with Crippen LogP contribution in [0.1, 0.15) is 11.1 Å². The summed E-state index contributed by atoms with van der Waals surface area (Å²) < 4.78 is 0. The van der Waals surface area contributed by atoms with Crippen molar-refractivity contribution in [2.75, 3.05) is 0 Å². The molecule has 0 amide bonds. The van der Waals surface area contributed by atoms with Crippen molar-refractivity contribution < 1.29 is 0 Å². The number of hydrogen-bond acceptors (Lipinski definition) is 0. The van der Waals surface area contributed by atoms with E-state index in [1.807, 2.05) is 12.2 Å². The van der Waals surface area contributed by atoms with Crippen molar-refractivity contribution in [3.8, 4) is 22.3 Å². The van der Waals surface area contributed by atoms with Crippen LogP contribution >= 0.6 is 0 Å². The molecule has 0 N–H and O–H groups in total. The predicted octanol–water partition coefficient (Wildman–Crippen LogP) is 10.9. The fourth-order valence-corrected chi connectivity index (χ4v) is 6.02. The predicted molar refractivity (Wildman–Crippen MR) is 168 cm³/mol. The van der Waals surface area contributed by atoms with Crippen molar-refractivity contribution in [1.29, 1.82) is 0 Å². The molecule has 0 aliphatic rings. The Hall–Kier alpha value is -4.94. The van der Waals surface area contributed by atoms with Crippen molar-refractivity contribution in [2.24, 2.45) is 0 Å². The van der Waals surface area contributed by atoms with Crippen molar-refractivity contribution in [2.45, 2.75) is 0 Å². The van der Waals surface area contributed by atoms with E-state index in [0.717, 1.165) is 11.1 Å². The second-order valence-electron chi connectivity index (χ2n) is 9.82. The maximum atomic E-state index is 4.11. The molecule has 0 aliphatic carbocycles. The summed E-state index contributed by atoms with van der Waals surface area (Å²) >= 11 is 0. The smallest absolute Gasteiger partial charge is 0.00261 e. The Morgan fingerprint density at radius 3 is 1.47 bits per heavy atom. The summed E-state index contributed by atoms with van der Waals surface area (Å²) in [5.41, 5.74) is 7.23. The fourth-order valence-electron chi connectivity index (χ4n) is 6.02. The maximum Gasteiger partial charge on any atom is -0.00261 e. The minimum absolute atomic E-state index is 1.10. The minimum Gasteiger partial charge on any atom is -0.0984 e. The number of benzene rings is 7. The van der Waals surface area contributed by atoms with Crippen molar-refractivity contribution >= 4 is 55.2 Å². The van der Waals surface area contributed by atoms with Gasteiger partial charge < -0.3 is 0 Å². The fraction of sp³-hybridized carbons (Fsp3) is 0. The molecule has 0 atom stereocenters. The van der Waals surface area contributed by atoms with Gasteiger partial charge in [0, 0.05) is 0 Å². The van der Waals surface area contributed by atoms with Crippen LogP contribution in [-0.2, 0) is 0 Å². The van der Waals surface area contributed by atoms with Gasteiger partial charge in [0.1, 0.15) is 0 Å². The normalized spacial score (nSPS) is 11.4. The third-order valence-corrected chi connectivity index (χ3v) is 7.78. The molecule has 0 fully saturated rings. The Bertz CT molecular complexity index is 2000. The Morgan fingerprint density at radius 1 is 0.395 bits per heavy atom. The topological polar surface area (TPSA) is 0 Å². The standard InChI is InChI=1S/C38H26/c1-3-25-17-19-27-20-22-30(24-36(27)31(25)4-2)38-34-15-9-7-13-32(34)37(33-14-8-10-16-35(33)38)29-21-18-26-11-5-6-12-28(26)23-29/h3-24H,1-2H2. The molecule has 38 heavy (non-hydrogen) atoms. The van der Waals surface area contributed by atoms with E-state index in [2.05, 4.69) is 134 Å². The summed E-state index contributed by atoms with van der Waals surface area (Å²) in [6.07, 6.45) is 3.86. The Morgan fingerprint density at radius 2 is 0.895 bits per heavy atom. The SMILES string of the molecule is C=Cc1ccc2ccc(-c3c4ccccc4c(-c4ccc5ccccc5c4)c4ccccc34)cc2c1C=C. The maximum absolute atomic E-state index is 4.11. The lowest BCUT2D eigenvalue weighted by Crippen LogP contribution is -1.92. The summed E-state index contributed by atoms with van der Waals surface area (Å²) in [7, 11) is 0. The lowest BCUT2D eigenvalue weighted by Gasteiger charge is -2.18. The molecule has 0 unspecified atom stereocenters. The van der Waals surface area contributed by atoms with Gasteiger partial charge in [-0.05, 0) is 88.6 Å². The van der Waals surface area contributed by atoms with Gasteiger partial charge in [0.2, 0.25) is 0 Å². The van der Waals surface area contributed by atoms with Gasteiger partial charge >= 0.3 is 0 Å². The second kappa shape index (κ2) is 8.87. The summed E-state index contributed by atoms with van der Waals surface area (Å²) in [6, 6.07) is 44.2. The van der Waals surface area contributed by atoms with Gasteiger partial charge in [0.05, 0.1) is 0 Å². The van der Waals surface area contributed by atoms with Crippen LogP contribution in [0, 0.1) is 0 Å². The van der Waals surface area contributed by atoms with Crippen LogP contribution in [0.4, 0.5) is 0 Å². The quantitative estimate of drug-likeness (QED) is 0.219. The molecule has 7 aromatic carbocycles. The first-order chi connectivity index (χ1) is 18.8. The molecule has 0 heterocycles. The average Bonchev–Trinajstić information content (AvgIpc) is 2.98. The molecular formula is C38H26. The third-order valence-electron chi connectivity index (χ3n) is 7.78. The Kier molecular flexibility index (Phi) is 5.20. The highest BCUT2D eigenvalue weighted by Crippen LogP contribution is 2.44. The first-order valence-electron chi connectivity index (χ1n) is 13.0. The molecule has 0 saturated carbocycles. The van der Waals surface area contributed by atoms with Gasteiger partial charge in [0.25, 0.3) is 0 Å². The lowest BCUT2D eigenvalue weighted by atomic mass is 9.85. The highest BCUT2D eigenvalue weighted by Gasteiger charge is 2.17. The molecule has 0 radical (unpaired) electrons. The molecule has 7 rings (SSSR count). The first kappa shape index (κ1) is 22.3. The van der Waals surface area contributed by atoms with E-state index >= 15 is 0 Å². The first-order valence-corrected chi connectivity index (χ1v) is 13.0. The van der Waals surface area contributed by atoms with Crippen LogP contribution in [0.25, 0.3) is 77.5 Å². The second-order valence-corrected chi connectivity index (χ2v) is 9.82. The molecule has 0 aromatic heterocycles. The Labute approximate surface area is 222 Å². The molecule has 0 saturated heterocycles. The van der Waals surface area contributed by atoms with Crippen molar-refractivity contribution in [1.82, 2.24) is 0 Å². The Balaban J connectivity index is 1.59. The van der Waals surface area contributed by atoms with Gasteiger partial charge in [0.15, 0.2) is 0 Å². The van der Waals surface area contributed by atoms with Crippen LogP contribution in [0.5, 0.6) is 0 Å². The highest BCUT2D eigenvalue weighted by atomic mass is 14.2. The highest BCUT2D eigenvalue weighted by molar-refractivity contribution is 6.22. The van der Waals surface area contributed by atoms with Gasteiger partial charge in [-0.3, -0.25) is 0 Å². The monoisotopic (exact) mass is 482 g/mol. The van der Waals surface area contributed by atoms with Crippen LogP contribution in [-0.4, -0.2) is 0 Å². The van der Waals surface area contributed by atoms with Gasteiger partial charge in [-0.2, -0.15) is 0 Å². The molecule has 178 valence electrons. The molecule has 0 bridgehead atoms. The van der Waals surface area contributed by atoms with Crippen molar-refractivity contribution in [3.63, 3.8) is 0 Å². The molecule has 0 spiro atoms. The average molecular weight is 483 g/mol. The van der Waals surface area contributed by atoms with E-state index in [-0.39, 0.29) is 0 Å².